The molecule has 9 rings (SSSR count). The van der Waals surface area contributed by atoms with Crippen molar-refractivity contribution in [3.8, 4) is 39.5 Å². The summed E-state index contributed by atoms with van der Waals surface area (Å²) in [7, 11) is 0.610. The maximum absolute atomic E-state index is 5.40. The molecule has 8 aromatic rings. The van der Waals surface area contributed by atoms with E-state index in [1.165, 1.54) is 88.0 Å². The van der Waals surface area contributed by atoms with Gasteiger partial charge in [-0.1, -0.05) is 155 Å². The van der Waals surface area contributed by atoms with Gasteiger partial charge >= 0.3 is 0 Å². The standard InChI is InChI=1S/C61H72N4SSi/c1-15-51-47(45-25-19-20-26-46(45)54-36-44(33-38(2)3)55(37-64(51)54)67(12,13)14)31-29-42-30-32-50-58(66-60(62-50)61(8,9)10)56(42)59-63(11)52-27-21-22-28-53(52)65(59)57-48(39(4)5)34-43(35-49(57)40(6)7)41-23-17-16-18-24-41/h15-28,30,32,34-40,47,51H,1,29,31,33H2,2-14H3/q+2. The van der Waals surface area contributed by atoms with Gasteiger partial charge in [0.1, 0.15) is 5.69 Å². The van der Waals surface area contributed by atoms with E-state index in [9.17, 15) is 0 Å². The molecule has 0 bridgehead atoms. The fraction of sp³-hybridized carbons (Fsp3) is 0.361. The normalized spacial score (nSPS) is 15.3. The number of benzene rings is 5. The first-order chi connectivity index (χ1) is 31.9. The second-order valence-electron chi connectivity index (χ2n) is 22.4. The van der Waals surface area contributed by atoms with E-state index >= 15 is 0 Å². The lowest BCUT2D eigenvalue weighted by Gasteiger charge is -2.31. The van der Waals surface area contributed by atoms with Crippen LogP contribution in [-0.4, -0.2) is 17.6 Å². The number of hydrogen-bond donors (Lipinski definition) is 0. The van der Waals surface area contributed by atoms with Crippen molar-refractivity contribution >= 4 is 45.8 Å². The number of imidazole rings is 1. The molecule has 3 aromatic heterocycles. The van der Waals surface area contributed by atoms with Crippen LogP contribution in [-0.2, 0) is 25.3 Å². The minimum atomic E-state index is -1.67. The molecule has 0 aliphatic carbocycles. The number of para-hydroxylation sites is 2. The maximum Gasteiger partial charge on any atom is 0.296 e. The number of fused-ring (bicyclic) bond motifs is 5. The first kappa shape index (κ1) is 46.7. The quantitative estimate of drug-likeness (QED) is 0.0681. The van der Waals surface area contributed by atoms with Gasteiger partial charge in [0, 0.05) is 33.4 Å². The zero-order chi connectivity index (χ0) is 47.7. The number of pyridine rings is 1. The highest BCUT2D eigenvalue weighted by Gasteiger charge is 2.41. The first-order valence-corrected chi connectivity index (χ1v) is 29.2. The van der Waals surface area contributed by atoms with Crippen LogP contribution in [0.5, 0.6) is 0 Å². The molecule has 0 spiro atoms. The molecule has 344 valence electrons. The first-order valence-electron chi connectivity index (χ1n) is 24.8. The summed E-state index contributed by atoms with van der Waals surface area (Å²) < 4.78 is 9.00. The van der Waals surface area contributed by atoms with Crippen molar-refractivity contribution in [3.05, 3.63) is 161 Å². The van der Waals surface area contributed by atoms with Gasteiger partial charge in [-0.15, -0.1) is 11.3 Å². The van der Waals surface area contributed by atoms with E-state index in [2.05, 4.69) is 231 Å². The third kappa shape index (κ3) is 8.47. The zero-order valence-corrected chi connectivity index (χ0v) is 44.3. The average Bonchev–Trinajstić information content (AvgIpc) is 3.86. The number of nitrogens with zero attached hydrogens (tertiary/aromatic N) is 4. The topological polar surface area (TPSA) is 25.6 Å². The number of allylic oxidation sites excluding steroid dienone is 1. The van der Waals surface area contributed by atoms with Crippen molar-refractivity contribution in [1.82, 2.24) is 9.55 Å². The van der Waals surface area contributed by atoms with Gasteiger partial charge in [-0.3, -0.25) is 0 Å². The molecule has 4 nitrogen and oxygen atoms in total. The highest BCUT2D eigenvalue weighted by atomic mass is 32.1. The van der Waals surface area contributed by atoms with Gasteiger partial charge in [-0.05, 0) is 107 Å². The summed E-state index contributed by atoms with van der Waals surface area (Å²) >= 11 is 1.88. The van der Waals surface area contributed by atoms with Crippen molar-refractivity contribution < 1.29 is 9.13 Å². The van der Waals surface area contributed by atoms with E-state index in [1.54, 1.807) is 5.19 Å². The van der Waals surface area contributed by atoms with Crippen LogP contribution >= 0.6 is 11.3 Å². The fourth-order valence-electron chi connectivity index (χ4n) is 10.9. The Morgan fingerprint density at radius 2 is 1.45 bits per heavy atom. The largest absolute Gasteiger partial charge is 0.296 e. The lowest BCUT2D eigenvalue weighted by molar-refractivity contribution is -0.706. The van der Waals surface area contributed by atoms with E-state index < -0.39 is 8.07 Å². The molecule has 4 heterocycles. The van der Waals surface area contributed by atoms with E-state index in [-0.39, 0.29) is 29.2 Å². The third-order valence-corrected chi connectivity index (χ3v) is 17.8. The summed E-state index contributed by atoms with van der Waals surface area (Å²) in [6.07, 6.45) is 7.77. The number of hydrogen-bond acceptors (Lipinski definition) is 2. The molecule has 2 atom stereocenters. The highest BCUT2D eigenvalue weighted by Crippen LogP contribution is 2.46. The smallest absolute Gasteiger partial charge is 0.241 e. The molecule has 0 saturated carbocycles. The Bertz CT molecular complexity index is 3120. The highest BCUT2D eigenvalue weighted by molar-refractivity contribution is 7.19. The predicted octanol–water partition coefficient (Wildman–Crippen LogP) is 15.1. The van der Waals surface area contributed by atoms with Crippen molar-refractivity contribution in [2.75, 3.05) is 0 Å². The van der Waals surface area contributed by atoms with Crippen LogP contribution in [0.1, 0.15) is 125 Å². The van der Waals surface area contributed by atoms with Gasteiger partial charge in [0.05, 0.1) is 41.8 Å². The minimum Gasteiger partial charge on any atom is -0.241 e. The van der Waals surface area contributed by atoms with Gasteiger partial charge in [0.25, 0.3) is 5.82 Å². The molecular weight excluding hydrogens is 849 g/mol. The average molecular weight is 921 g/mol. The summed E-state index contributed by atoms with van der Waals surface area (Å²) in [6, 6.07) is 41.5. The third-order valence-electron chi connectivity index (χ3n) is 14.2. The van der Waals surface area contributed by atoms with Crippen molar-refractivity contribution in [3.63, 3.8) is 0 Å². The Balaban J connectivity index is 1.28. The van der Waals surface area contributed by atoms with Gasteiger partial charge in [0.15, 0.2) is 23.3 Å². The summed E-state index contributed by atoms with van der Waals surface area (Å²) in [6.45, 7) is 33.1. The van der Waals surface area contributed by atoms with Crippen molar-refractivity contribution in [2.45, 2.75) is 130 Å². The summed E-state index contributed by atoms with van der Waals surface area (Å²) in [5, 5.41) is 2.74. The summed E-state index contributed by atoms with van der Waals surface area (Å²) in [5.74, 6) is 2.62. The van der Waals surface area contributed by atoms with Gasteiger partial charge in [-0.2, -0.15) is 9.13 Å². The van der Waals surface area contributed by atoms with E-state index in [0.29, 0.717) is 5.92 Å². The van der Waals surface area contributed by atoms with Gasteiger partial charge in [0.2, 0.25) is 5.69 Å². The predicted molar refractivity (Wildman–Crippen MR) is 289 cm³/mol. The lowest BCUT2D eigenvalue weighted by atomic mass is 9.79. The molecule has 5 aromatic carbocycles. The van der Waals surface area contributed by atoms with Crippen molar-refractivity contribution in [1.29, 1.82) is 0 Å². The summed E-state index contributed by atoms with van der Waals surface area (Å²) in [5.41, 5.74) is 18.3. The molecule has 0 amide bonds. The van der Waals surface area contributed by atoms with E-state index in [0.717, 1.165) is 24.8 Å². The second-order valence-corrected chi connectivity index (χ2v) is 28.5. The maximum atomic E-state index is 5.40. The Morgan fingerprint density at radius 1 is 0.791 bits per heavy atom. The van der Waals surface area contributed by atoms with Crippen LogP contribution in [0, 0.1) is 5.92 Å². The van der Waals surface area contributed by atoms with Gasteiger partial charge < -0.3 is 0 Å². The van der Waals surface area contributed by atoms with E-state index in [4.69, 9.17) is 4.98 Å². The minimum absolute atomic E-state index is 0.0870. The fourth-order valence-corrected chi connectivity index (χ4v) is 13.8. The molecule has 67 heavy (non-hydrogen) atoms. The number of rotatable bonds is 12. The molecular formula is C61H72N4SSi+2. The molecule has 2 unspecified atom stereocenters. The van der Waals surface area contributed by atoms with Gasteiger partial charge in [-0.25, -0.2) is 9.55 Å². The SMILES string of the molecule is C=CC1C(CCc2ccc3nc(C(C)(C)C)sc3c2-c2n(-c3c(C(C)C)cc(-c4ccccc4)cc3C(C)C)c3ccccc3[n+]2C)c2ccccc2-c2cc(CC(C)C)c([Si](C)(C)C)c[n+]21. The lowest BCUT2D eigenvalue weighted by Crippen LogP contribution is -2.53. The molecule has 1 aliphatic heterocycles. The molecule has 0 radical (unpaired) electrons. The van der Waals surface area contributed by atoms with Crippen LogP contribution in [0.25, 0.3) is 60.7 Å². The Labute approximate surface area is 406 Å². The van der Waals surface area contributed by atoms with Crippen molar-refractivity contribution in [2.24, 2.45) is 13.0 Å². The summed E-state index contributed by atoms with van der Waals surface area (Å²) in [4.78, 5) is 5.40. The van der Waals surface area contributed by atoms with E-state index in [1.807, 2.05) is 11.3 Å². The molecule has 6 heteroatoms. The Kier molecular flexibility index (Phi) is 12.5. The second kappa shape index (κ2) is 17.9. The molecule has 0 saturated heterocycles. The van der Waals surface area contributed by atoms with Crippen LogP contribution in [0.15, 0.2) is 128 Å². The number of aryl methyl sites for hydroxylation is 2. The molecule has 1 aliphatic rings. The zero-order valence-electron chi connectivity index (χ0n) is 42.5. The Morgan fingerprint density at radius 3 is 2.09 bits per heavy atom. The Hall–Kier alpha value is -5.43. The monoisotopic (exact) mass is 921 g/mol. The number of thiazole rings is 1. The van der Waals surface area contributed by atoms with Crippen LogP contribution in [0.3, 0.4) is 0 Å². The molecule has 0 fully saturated rings. The van der Waals surface area contributed by atoms with Crippen LogP contribution < -0.4 is 14.3 Å². The van der Waals surface area contributed by atoms with Crippen LogP contribution in [0.4, 0.5) is 0 Å². The number of aromatic nitrogens is 4. The van der Waals surface area contributed by atoms with Crippen LogP contribution in [0.2, 0.25) is 19.6 Å². The molecule has 0 N–H and O–H groups in total.